The van der Waals surface area contributed by atoms with E-state index in [0.717, 1.165) is 16.7 Å². The average Bonchev–Trinajstić information content (AvgIpc) is 2.76. The molecule has 2 aromatic heterocycles. The van der Waals surface area contributed by atoms with E-state index in [-0.39, 0.29) is 0 Å². The van der Waals surface area contributed by atoms with Crippen LogP contribution in [0.3, 0.4) is 0 Å². The van der Waals surface area contributed by atoms with E-state index in [1.807, 2.05) is 12.3 Å². The molecule has 0 saturated carbocycles. The van der Waals surface area contributed by atoms with Gasteiger partial charge in [0.1, 0.15) is 17.8 Å². The number of nitrogens with zero attached hydrogens (tertiary/aromatic N) is 2. The lowest BCUT2D eigenvalue weighted by molar-refractivity contribution is 1.20. The van der Waals surface area contributed by atoms with Crippen molar-refractivity contribution in [1.82, 2.24) is 15.0 Å². The number of anilines is 3. The van der Waals surface area contributed by atoms with Crippen molar-refractivity contribution >= 4 is 39.8 Å². The Balaban J connectivity index is 2.03. The quantitative estimate of drug-likeness (QED) is 0.618. The van der Waals surface area contributed by atoms with Crippen LogP contribution in [0.1, 0.15) is 0 Å². The van der Waals surface area contributed by atoms with Crippen LogP contribution in [-0.4, -0.2) is 15.0 Å². The molecule has 0 bridgehead atoms. The number of aromatic nitrogens is 3. The van der Waals surface area contributed by atoms with Crippen LogP contribution in [0.25, 0.3) is 11.0 Å². The molecule has 0 amide bonds. The molecule has 2 heterocycles. The molecule has 90 valence electrons. The van der Waals surface area contributed by atoms with E-state index < -0.39 is 0 Å². The summed E-state index contributed by atoms with van der Waals surface area (Å²) in [6.07, 6.45) is 3.31. The predicted octanol–water partition coefficient (Wildman–Crippen LogP) is 2.94. The van der Waals surface area contributed by atoms with E-state index in [2.05, 4.69) is 20.3 Å². The predicted molar refractivity (Wildman–Crippen MR) is 73.0 cm³/mol. The monoisotopic (exact) mass is 259 g/mol. The fourth-order valence-corrected chi connectivity index (χ4v) is 2.04. The number of aromatic amines is 1. The SMILES string of the molecule is Nc1cc(Cl)cc(Nc2ncnc3[nH]ccc23)c1. The van der Waals surface area contributed by atoms with Gasteiger partial charge in [-0.2, -0.15) is 0 Å². The molecule has 3 aromatic rings. The summed E-state index contributed by atoms with van der Waals surface area (Å²) in [4.78, 5) is 11.4. The molecule has 0 saturated heterocycles. The van der Waals surface area contributed by atoms with Gasteiger partial charge < -0.3 is 16.0 Å². The van der Waals surface area contributed by atoms with Crippen molar-refractivity contribution in [2.45, 2.75) is 0 Å². The topological polar surface area (TPSA) is 79.6 Å². The summed E-state index contributed by atoms with van der Waals surface area (Å²) in [6.45, 7) is 0. The van der Waals surface area contributed by atoms with Crippen LogP contribution in [0.15, 0.2) is 36.8 Å². The smallest absolute Gasteiger partial charge is 0.143 e. The van der Waals surface area contributed by atoms with Gasteiger partial charge in [0.25, 0.3) is 0 Å². The van der Waals surface area contributed by atoms with Crippen molar-refractivity contribution in [3.8, 4) is 0 Å². The standard InChI is InChI=1S/C12H10ClN5/c13-7-3-8(14)5-9(4-7)18-12-10-1-2-15-11(10)16-6-17-12/h1-6H,14H2,(H2,15,16,17,18). The Morgan fingerprint density at radius 1 is 1.22 bits per heavy atom. The maximum atomic E-state index is 5.95. The first-order chi connectivity index (χ1) is 8.72. The van der Waals surface area contributed by atoms with Crippen molar-refractivity contribution < 1.29 is 0 Å². The van der Waals surface area contributed by atoms with Crippen molar-refractivity contribution in [3.63, 3.8) is 0 Å². The van der Waals surface area contributed by atoms with Gasteiger partial charge in [0.05, 0.1) is 5.39 Å². The number of nitrogen functional groups attached to an aromatic ring is 1. The lowest BCUT2D eigenvalue weighted by Crippen LogP contribution is -1.96. The van der Waals surface area contributed by atoms with E-state index in [1.54, 1.807) is 18.2 Å². The van der Waals surface area contributed by atoms with Crippen LogP contribution in [-0.2, 0) is 0 Å². The fraction of sp³-hybridized carbons (Fsp3) is 0. The van der Waals surface area contributed by atoms with E-state index in [9.17, 15) is 0 Å². The van der Waals surface area contributed by atoms with Gasteiger partial charge >= 0.3 is 0 Å². The first-order valence-electron chi connectivity index (χ1n) is 5.33. The highest BCUT2D eigenvalue weighted by atomic mass is 35.5. The third-order valence-electron chi connectivity index (χ3n) is 2.54. The Morgan fingerprint density at radius 3 is 2.94 bits per heavy atom. The molecular weight excluding hydrogens is 250 g/mol. The average molecular weight is 260 g/mol. The molecule has 3 rings (SSSR count). The van der Waals surface area contributed by atoms with Crippen LogP contribution < -0.4 is 11.1 Å². The first kappa shape index (κ1) is 10.9. The number of halogens is 1. The summed E-state index contributed by atoms with van der Waals surface area (Å²) < 4.78 is 0. The highest BCUT2D eigenvalue weighted by Gasteiger charge is 2.05. The summed E-state index contributed by atoms with van der Waals surface area (Å²) in [5.74, 6) is 0.711. The number of hydrogen-bond donors (Lipinski definition) is 3. The van der Waals surface area contributed by atoms with Crippen LogP contribution >= 0.6 is 11.6 Å². The molecule has 0 aliphatic rings. The van der Waals surface area contributed by atoms with Gasteiger partial charge in [-0.15, -0.1) is 0 Å². The van der Waals surface area contributed by atoms with Gasteiger partial charge in [-0.25, -0.2) is 9.97 Å². The number of hydrogen-bond acceptors (Lipinski definition) is 4. The van der Waals surface area contributed by atoms with Crippen molar-refractivity contribution in [1.29, 1.82) is 0 Å². The minimum absolute atomic E-state index is 0.580. The second kappa shape index (κ2) is 4.19. The maximum absolute atomic E-state index is 5.95. The number of nitrogens with two attached hydrogens (primary N) is 1. The summed E-state index contributed by atoms with van der Waals surface area (Å²) in [5.41, 5.74) is 7.92. The maximum Gasteiger partial charge on any atom is 0.143 e. The Hall–Kier alpha value is -2.27. The van der Waals surface area contributed by atoms with Gasteiger partial charge in [0.15, 0.2) is 0 Å². The van der Waals surface area contributed by atoms with Crippen LogP contribution in [0.5, 0.6) is 0 Å². The molecular formula is C12H10ClN5. The first-order valence-corrected chi connectivity index (χ1v) is 5.71. The molecule has 4 N–H and O–H groups in total. The minimum Gasteiger partial charge on any atom is -0.399 e. The number of benzene rings is 1. The molecule has 1 aromatic carbocycles. The zero-order valence-electron chi connectivity index (χ0n) is 9.31. The van der Waals surface area contributed by atoms with E-state index in [0.29, 0.717) is 16.5 Å². The zero-order chi connectivity index (χ0) is 12.5. The third-order valence-corrected chi connectivity index (χ3v) is 2.76. The summed E-state index contributed by atoms with van der Waals surface area (Å²) in [7, 11) is 0. The Labute approximate surface area is 108 Å². The van der Waals surface area contributed by atoms with Crippen LogP contribution in [0.4, 0.5) is 17.2 Å². The number of nitrogens with one attached hydrogen (secondary N) is 2. The van der Waals surface area contributed by atoms with E-state index >= 15 is 0 Å². The fourth-order valence-electron chi connectivity index (χ4n) is 1.79. The zero-order valence-corrected chi connectivity index (χ0v) is 10.1. The normalized spacial score (nSPS) is 10.7. The van der Waals surface area contributed by atoms with Gasteiger partial charge in [-0.1, -0.05) is 11.6 Å². The van der Waals surface area contributed by atoms with Crippen molar-refractivity contribution in [3.05, 3.63) is 41.8 Å². The van der Waals surface area contributed by atoms with Crippen molar-refractivity contribution in [2.24, 2.45) is 0 Å². The number of H-pyrrole nitrogens is 1. The van der Waals surface area contributed by atoms with E-state index in [4.69, 9.17) is 17.3 Å². The molecule has 0 aliphatic heterocycles. The second-order valence-corrected chi connectivity index (χ2v) is 4.30. The van der Waals surface area contributed by atoms with Crippen molar-refractivity contribution in [2.75, 3.05) is 11.1 Å². The summed E-state index contributed by atoms with van der Waals surface area (Å²) in [5, 5.41) is 4.67. The lowest BCUT2D eigenvalue weighted by atomic mass is 10.2. The summed E-state index contributed by atoms with van der Waals surface area (Å²) in [6, 6.07) is 7.19. The Morgan fingerprint density at radius 2 is 2.11 bits per heavy atom. The minimum atomic E-state index is 0.580. The molecule has 0 atom stereocenters. The highest BCUT2D eigenvalue weighted by molar-refractivity contribution is 6.31. The van der Waals surface area contributed by atoms with Gasteiger partial charge in [0, 0.05) is 22.6 Å². The summed E-state index contributed by atoms with van der Waals surface area (Å²) >= 11 is 5.95. The molecule has 0 unspecified atom stereocenters. The third kappa shape index (κ3) is 1.96. The highest BCUT2D eigenvalue weighted by Crippen LogP contribution is 2.26. The van der Waals surface area contributed by atoms with Crippen LogP contribution in [0, 0.1) is 0 Å². The molecule has 0 fully saturated rings. The Kier molecular flexibility index (Phi) is 2.53. The molecule has 0 aliphatic carbocycles. The number of rotatable bonds is 2. The number of fused-ring (bicyclic) bond motifs is 1. The molecule has 0 spiro atoms. The van der Waals surface area contributed by atoms with Gasteiger partial charge in [-0.05, 0) is 24.3 Å². The van der Waals surface area contributed by atoms with Crippen LogP contribution in [0.2, 0.25) is 5.02 Å². The second-order valence-electron chi connectivity index (χ2n) is 3.86. The molecule has 5 nitrogen and oxygen atoms in total. The molecule has 6 heteroatoms. The largest absolute Gasteiger partial charge is 0.399 e. The van der Waals surface area contributed by atoms with E-state index in [1.165, 1.54) is 6.33 Å². The lowest BCUT2D eigenvalue weighted by Gasteiger charge is -2.07. The van der Waals surface area contributed by atoms with Gasteiger partial charge in [0.2, 0.25) is 0 Å². The molecule has 18 heavy (non-hydrogen) atoms. The Bertz CT molecular complexity index is 686. The molecule has 0 radical (unpaired) electrons. The van der Waals surface area contributed by atoms with Gasteiger partial charge in [-0.3, -0.25) is 0 Å².